The Balaban J connectivity index is 1.96. The summed E-state index contributed by atoms with van der Waals surface area (Å²) in [4.78, 5) is 17.6. The Morgan fingerprint density at radius 3 is 2.50 bits per heavy atom. The number of nitrogens with zero attached hydrogens (tertiary/aromatic N) is 2. The highest BCUT2D eigenvalue weighted by molar-refractivity contribution is 7.12. The Labute approximate surface area is 125 Å². The molecule has 1 aliphatic heterocycles. The third-order valence-corrected chi connectivity index (χ3v) is 4.61. The van der Waals surface area contributed by atoms with Gasteiger partial charge in [-0.2, -0.15) is 0 Å². The van der Waals surface area contributed by atoms with E-state index in [1.807, 2.05) is 10.3 Å². The SMILES string of the molecule is CC(C)c1ccsc1C(=O)N1CCN(C[C@H](C)O)CC1. The summed E-state index contributed by atoms with van der Waals surface area (Å²) in [6, 6.07) is 2.06. The number of aliphatic hydroxyl groups excluding tert-OH is 1. The monoisotopic (exact) mass is 296 g/mol. The van der Waals surface area contributed by atoms with Crippen LogP contribution in [0.15, 0.2) is 11.4 Å². The third-order valence-electron chi connectivity index (χ3n) is 3.69. The number of hydrogen-bond donors (Lipinski definition) is 1. The van der Waals surface area contributed by atoms with Crippen LogP contribution in [0.25, 0.3) is 0 Å². The number of β-amino-alcohol motifs (C(OH)–C–C–N with tert-alkyl or cyclic N) is 1. The average Bonchev–Trinajstić information content (AvgIpc) is 2.87. The van der Waals surface area contributed by atoms with Crippen molar-refractivity contribution in [2.24, 2.45) is 0 Å². The number of rotatable bonds is 4. The van der Waals surface area contributed by atoms with E-state index in [1.54, 1.807) is 18.3 Å². The molecule has 4 nitrogen and oxygen atoms in total. The highest BCUT2D eigenvalue weighted by atomic mass is 32.1. The number of amides is 1. The Kier molecular flexibility index (Phi) is 5.18. The number of thiophene rings is 1. The molecule has 2 heterocycles. The van der Waals surface area contributed by atoms with Crippen LogP contribution in [0, 0.1) is 0 Å². The van der Waals surface area contributed by atoms with Gasteiger partial charge < -0.3 is 10.0 Å². The first-order valence-corrected chi connectivity index (χ1v) is 8.14. The molecule has 1 N–H and O–H groups in total. The van der Waals surface area contributed by atoms with Gasteiger partial charge in [0.25, 0.3) is 5.91 Å². The maximum absolute atomic E-state index is 12.6. The van der Waals surface area contributed by atoms with E-state index in [0.29, 0.717) is 12.5 Å². The molecule has 1 atom stereocenters. The maximum atomic E-state index is 12.6. The van der Waals surface area contributed by atoms with Crippen molar-refractivity contribution in [2.45, 2.75) is 32.8 Å². The van der Waals surface area contributed by atoms with Crippen molar-refractivity contribution >= 4 is 17.2 Å². The molecular weight excluding hydrogens is 272 g/mol. The van der Waals surface area contributed by atoms with E-state index in [0.717, 1.165) is 36.6 Å². The molecule has 20 heavy (non-hydrogen) atoms. The van der Waals surface area contributed by atoms with Gasteiger partial charge in [-0.05, 0) is 29.9 Å². The van der Waals surface area contributed by atoms with Gasteiger partial charge in [0.15, 0.2) is 0 Å². The molecule has 0 bridgehead atoms. The van der Waals surface area contributed by atoms with Crippen LogP contribution < -0.4 is 0 Å². The second-order valence-electron chi connectivity index (χ2n) is 5.80. The zero-order valence-corrected chi connectivity index (χ0v) is 13.3. The minimum atomic E-state index is -0.304. The number of hydrogen-bond acceptors (Lipinski definition) is 4. The molecule has 2 rings (SSSR count). The summed E-state index contributed by atoms with van der Waals surface area (Å²) in [6.45, 7) is 9.94. The van der Waals surface area contributed by atoms with Gasteiger partial charge in [-0.3, -0.25) is 9.69 Å². The molecule has 1 aromatic heterocycles. The second kappa shape index (κ2) is 6.70. The second-order valence-corrected chi connectivity index (χ2v) is 6.72. The largest absolute Gasteiger partial charge is 0.392 e. The number of aliphatic hydroxyl groups is 1. The molecule has 1 fully saturated rings. The highest BCUT2D eigenvalue weighted by Crippen LogP contribution is 2.26. The zero-order valence-electron chi connectivity index (χ0n) is 12.5. The normalized spacial score (nSPS) is 18.6. The van der Waals surface area contributed by atoms with Gasteiger partial charge in [0, 0.05) is 32.7 Å². The predicted octanol–water partition coefficient (Wildman–Crippen LogP) is 2.01. The smallest absolute Gasteiger partial charge is 0.264 e. The van der Waals surface area contributed by atoms with Crippen LogP contribution in [-0.4, -0.2) is 59.6 Å². The van der Waals surface area contributed by atoms with Gasteiger partial charge in [-0.15, -0.1) is 11.3 Å². The quantitative estimate of drug-likeness (QED) is 0.924. The van der Waals surface area contributed by atoms with Crippen molar-refractivity contribution in [1.82, 2.24) is 9.80 Å². The minimum Gasteiger partial charge on any atom is -0.392 e. The zero-order chi connectivity index (χ0) is 14.7. The summed E-state index contributed by atoms with van der Waals surface area (Å²) in [7, 11) is 0. The molecule has 0 aromatic carbocycles. The van der Waals surface area contributed by atoms with Gasteiger partial charge in [-0.1, -0.05) is 13.8 Å². The van der Waals surface area contributed by atoms with Gasteiger partial charge in [0.05, 0.1) is 11.0 Å². The lowest BCUT2D eigenvalue weighted by molar-refractivity contribution is 0.0557. The maximum Gasteiger partial charge on any atom is 0.264 e. The van der Waals surface area contributed by atoms with Crippen LogP contribution >= 0.6 is 11.3 Å². The van der Waals surface area contributed by atoms with Crippen LogP contribution in [-0.2, 0) is 0 Å². The van der Waals surface area contributed by atoms with E-state index in [1.165, 1.54) is 0 Å². The van der Waals surface area contributed by atoms with E-state index in [2.05, 4.69) is 24.8 Å². The van der Waals surface area contributed by atoms with E-state index < -0.39 is 0 Å². The van der Waals surface area contributed by atoms with E-state index >= 15 is 0 Å². The van der Waals surface area contributed by atoms with E-state index in [4.69, 9.17) is 0 Å². The molecule has 0 saturated carbocycles. The van der Waals surface area contributed by atoms with Gasteiger partial charge in [0.1, 0.15) is 0 Å². The van der Waals surface area contributed by atoms with Crippen molar-refractivity contribution in [3.05, 3.63) is 21.9 Å². The summed E-state index contributed by atoms with van der Waals surface area (Å²) in [5.41, 5.74) is 1.16. The Morgan fingerprint density at radius 2 is 1.95 bits per heavy atom. The van der Waals surface area contributed by atoms with Crippen molar-refractivity contribution in [2.75, 3.05) is 32.7 Å². The summed E-state index contributed by atoms with van der Waals surface area (Å²) in [5.74, 6) is 0.553. The van der Waals surface area contributed by atoms with Crippen LogP contribution in [0.4, 0.5) is 0 Å². The molecule has 1 aliphatic rings. The topological polar surface area (TPSA) is 43.8 Å². The molecule has 1 amide bonds. The summed E-state index contributed by atoms with van der Waals surface area (Å²) >= 11 is 1.55. The van der Waals surface area contributed by atoms with Crippen LogP contribution in [0.5, 0.6) is 0 Å². The lowest BCUT2D eigenvalue weighted by Crippen LogP contribution is -2.50. The molecule has 0 unspecified atom stereocenters. The summed E-state index contributed by atoms with van der Waals surface area (Å²) in [5, 5.41) is 11.4. The first kappa shape index (κ1) is 15.5. The van der Waals surface area contributed by atoms with Gasteiger partial charge >= 0.3 is 0 Å². The van der Waals surface area contributed by atoms with Crippen LogP contribution in [0.3, 0.4) is 0 Å². The first-order valence-electron chi connectivity index (χ1n) is 7.26. The van der Waals surface area contributed by atoms with Gasteiger partial charge in [0.2, 0.25) is 0 Å². The van der Waals surface area contributed by atoms with Crippen LogP contribution in [0.1, 0.15) is 41.9 Å². The van der Waals surface area contributed by atoms with Crippen molar-refractivity contribution in [1.29, 1.82) is 0 Å². The molecule has 0 aliphatic carbocycles. The Hall–Kier alpha value is -0.910. The fraction of sp³-hybridized carbons (Fsp3) is 0.667. The molecule has 0 spiro atoms. The highest BCUT2D eigenvalue weighted by Gasteiger charge is 2.25. The molecule has 0 radical (unpaired) electrons. The van der Waals surface area contributed by atoms with E-state index in [9.17, 15) is 9.90 Å². The van der Waals surface area contributed by atoms with Crippen molar-refractivity contribution in [3.8, 4) is 0 Å². The first-order chi connectivity index (χ1) is 9.49. The molecule has 112 valence electrons. The molecule has 5 heteroatoms. The van der Waals surface area contributed by atoms with E-state index in [-0.39, 0.29) is 12.0 Å². The molecule has 1 saturated heterocycles. The fourth-order valence-electron chi connectivity index (χ4n) is 2.60. The van der Waals surface area contributed by atoms with Crippen LogP contribution in [0.2, 0.25) is 0 Å². The number of carbonyl (C=O) groups excluding carboxylic acids is 1. The third kappa shape index (κ3) is 3.59. The lowest BCUT2D eigenvalue weighted by Gasteiger charge is -2.35. The Bertz CT molecular complexity index is 448. The Morgan fingerprint density at radius 1 is 1.30 bits per heavy atom. The molecule has 1 aromatic rings. The summed E-state index contributed by atoms with van der Waals surface area (Å²) < 4.78 is 0. The standard InChI is InChI=1S/C15H24N2O2S/c1-11(2)13-4-9-20-14(13)15(19)17-7-5-16(6-8-17)10-12(3)18/h4,9,11-12,18H,5-8,10H2,1-3H3/t12-/m0/s1. The molecular formula is C15H24N2O2S. The fourth-order valence-corrected chi connectivity index (χ4v) is 3.62. The number of carbonyl (C=O) groups is 1. The minimum absolute atomic E-state index is 0.167. The summed E-state index contributed by atoms with van der Waals surface area (Å²) in [6.07, 6.45) is -0.304. The number of piperazine rings is 1. The van der Waals surface area contributed by atoms with Crippen molar-refractivity contribution in [3.63, 3.8) is 0 Å². The predicted molar refractivity (Wildman–Crippen MR) is 82.4 cm³/mol. The average molecular weight is 296 g/mol. The lowest BCUT2D eigenvalue weighted by atomic mass is 10.0. The van der Waals surface area contributed by atoms with Crippen molar-refractivity contribution < 1.29 is 9.90 Å². The van der Waals surface area contributed by atoms with Gasteiger partial charge in [-0.25, -0.2) is 0 Å².